The lowest BCUT2D eigenvalue weighted by Crippen LogP contribution is -2.37. The van der Waals surface area contributed by atoms with Crippen LogP contribution in [-0.2, 0) is 14.8 Å². The van der Waals surface area contributed by atoms with Crippen molar-refractivity contribution in [3.8, 4) is 0 Å². The second-order valence-corrected chi connectivity index (χ2v) is 9.15. The van der Waals surface area contributed by atoms with Gasteiger partial charge < -0.3 is 4.90 Å². The molecule has 0 radical (unpaired) electrons. The molecule has 0 bridgehead atoms. The molecule has 1 aromatic rings. The molecular weight excluding hydrogens is 348 g/mol. The third-order valence-corrected chi connectivity index (χ3v) is 5.80. The zero-order valence-electron chi connectivity index (χ0n) is 17.2. The predicted molar refractivity (Wildman–Crippen MR) is 109 cm³/mol. The lowest BCUT2D eigenvalue weighted by Gasteiger charge is -2.30. The van der Waals surface area contributed by atoms with Gasteiger partial charge in [-0.2, -0.15) is 0 Å². The van der Waals surface area contributed by atoms with Crippen LogP contribution < -0.4 is 4.31 Å². The molecule has 0 fully saturated rings. The number of carbonyl (C=O) groups excluding carboxylic acids is 1. The van der Waals surface area contributed by atoms with Gasteiger partial charge in [0.25, 0.3) is 0 Å². The highest BCUT2D eigenvalue weighted by molar-refractivity contribution is 7.92. The van der Waals surface area contributed by atoms with Gasteiger partial charge in [-0.25, -0.2) is 8.42 Å². The molecule has 6 heteroatoms. The molecule has 26 heavy (non-hydrogen) atoms. The summed E-state index contributed by atoms with van der Waals surface area (Å²) in [5, 5.41) is 0. The summed E-state index contributed by atoms with van der Waals surface area (Å²) in [6.45, 7) is 13.5. The highest BCUT2D eigenvalue weighted by Gasteiger charge is 2.26. The first-order chi connectivity index (χ1) is 12.0. The summed E-state index contributed by atoms with van der Waals surface area (Å²) in [5.74, 6) is 0.356. The number of amides is 1. The van der Waals surface area contributed by atoms with Gasteiger partial charge in [0.1, 0.15) is 0 Å². The topological polar surface area (TPSA) is 57.7 Å². The van der Waals surface area contributed by atoms with E-state index in [1.54, 1.807) is 4.90 Å². The van der Waals surface area contributed by atoms with E-state index in [0.29, 0.717) is 13.1 Å². The molecule has 0 aliphatic carbocycles. The van der Waals surface area contributed by atoms with Gasteiger partial charge in [0.05, 0.1) is 11.9 Å². The molecule has 0 aromatic heterocycles. The maximum absolute atomic E-state index is 12.6. The smallest absolute Gasteiger partial charge is 0.232 e. The minimum atomic E-state index is -3.50. The second-order valence-electron chi connectivity index (χ2n) is 7.25. The molecule has 1 amide bonds. The number of rotatable bonds is 9. The summed E-state index contributed by atoms with van der Waals surface area (Å²) >= 11 is 0. The van der Waals surface area contributed by atoms with E-state index >= 15 is 0 Å². The van der Waals surface area contributed by atoms with Gasteiger partial charge >= 0.3 is 0 Å². The third kappa shape index (κ3) is 5.47. The molecule has 0 saturated carbocycles. The zero-order chi connectivity index (χ0) is 20.1. The van der Waals surface area contributed by atoms with Crippen LogP contribution in [0.15, 0.2) is 18.2 Å². The van der Waals surface area contributed by atoms with Crippen molar-refractivity contribution in [1.82, 2.24) is 4.90 Å². The highest BCUT2D eigenvalue weighted by Crippen LogP contribution is 2.36. The molecule has 5 nitrogen and oxygen atoms in total. The van der Waals surface area contributed by atoms with Crippen LogP contribution in [0.3, 0.4) is 0 Å². The molecular formula is C20H34N2O3S. The van der Waals surface area contributed by atoms with Gasteiger partial charge in [-0.3, -0.25) is 9.10 Å². The maximum atomic E-state index is 12.6. The number of para-hydroxylation sites is 1. The fourth-order valence-electron chi connectivity index (χ4n) is 3.17. The Balaban J connectivity index is 3.37. The summed E-state index contributed by atoms with van der Waals surface area (Å²) in [4.78, 5) is 14.1. The Morgan fingerprint density at radius 3 is 1.81 bits per heavy atom. The summed E-state index contributed by atoms with van der Waals surface area (Å²) < 4.78 is 26.6. The summed E-state index contributed by atoms with van der Waals surface area (Å²) in [6.07, 6.45) is 1.40. The molecule has 0 spiro atoms. The van der Waals surface area contributed by atoms with Gasteiger partial charge in [-0.05, 0) is 36.8 Å². The number of benzene rings is 1. The predicted octanol–water partition coefficient (Wildman–Crippen LogP) is 3.96. The van der Waals surface area contributed by atoms with Crippen molar-refractivity contribution in [2.75, 3.05) is 30.2 Å². The molecule has 148 valence electrons. The summed E-state index contributed by atoms with van der Waals surface area (Å²) in [7, 11) is -3.50. The lowest BCUT2D eigenvalue weighted by molar-refractivity contribution is -0.130. The molecule has 0 aliphatic heterocycles. The van der Waals surface area contributed by atoms with Gasteiger partial charge in [-0.1, -0.05) is 45.9 Å². The first kappa shape index (κ1) is 22.5. The van der Waals surface area contributed by atoms with Crippen molar-refractivity contribution in [3.05, 3.63) is 29.3 Å². The van der Waals surface area contributed by atoms with Gasteiger partial charge in [-0.15, -0.1) is 0 Å². The summed E-state index contributed by atoms with van der Waals surface area (Å²) in [5.41, 5.74) is 2.74. The first-order valence-corrected chi connectivity index (χ1v) is 11.3. The van der Waals surface area contributed by atoms with Crippen LogP contribution >= 0.6 is 0 Å². The largest absolute Gasteiger partial charge is 0.343 e. The number of sulfonamides is 1. The Morgan fingerprint density at radius 1 is 1.00 bits per heavy atom. The fourth-order valence-corrected chi connectivity index (χ4v) is 4.14. The second kappa shape index (κ2) is 9.40. The first-order valence-electron chi connectivity index (χ1n) is 9.42. The Bertz CT molecular complexity index is 682. The third-order valence-electron chi connectivity index (χ3n) is 4.64. The van der Waals surface area contributed by atoms with E-state index in [9.17, 15) is 13.2 Å². The van der Waals surface area contributed by atoms with E-state index in [4.69, 9.17) is 0 Å². The van der Waals surface area contributed by atoms with Crippen molar-refractivity contribution in [3.63, 3.8) is 0 Å². The Hall–Kier alpha value is -1.56. The molecule has 1 rings (SSSR count). The Labute approximate surface area is 159 Å². The molecule has 0 atom stereocenters. The molecule has 0 unspecified atom stereocenters. The van der Waals surface area contributed by atoms with Crippen molar-refractivity contribution >= 4 is 21.6 Å². The van der Waals surface area contributed by atoms with Crippen LogP contribution in [0.25, 0.3) is 0 Å². The standard InChI is InChI=1S/C20H34N2O3S/c1-8-21(9-2)19(23)13-14-22(26(7,24)25)20-17(15(3)4)11-10-12-18(20)16(5)6/h10-12,15-16H,8-9,13-14H2,1-7H3. The maximum Gasteiger partial charge on any atom is 0.232 e. The normalized spacial score (nSPS) is 11.9. The monoisotopic (exact) mass is 382 g/mol. The molecule has 0 heterocycles. The average molecular weight is 383 g/mol. The van der Waals surface area contributed by atoms with Gasteiger partial charge in [0.2, 0.25) is 15.9 Å². The summed E-state index contributed by atoms with van der Waals surface area (Å²) in [6, 6.07) is 5.95. The molecule has 0 N–H and O–H groups in total. The van der Waals surface area contributed by atoms with Gasteiger partial charge in [0.15, 0.2) is 0 Å². The average Bonchev–Trinajstić information content (AvgIpc) is 2.54. The van der Waals surface area contributed by atoms with Crippen LogP contribution in [0.2, 0.25) is 0 Å². The van der Waals surface area contributed by atoms with Crippen LogP contribution in [0.4, 0.5) is 5.69 Å². The number of nitrogens with zero attached hydrogens (tertiary/aromatic N) is 2. The minimum Gasteiger partial charge on any atom is -0.343 e. The van der Waals surface area contributed by atoms with E-state index in [1.165, 1.54) is 10.6 Å². The van der Waals surface area contributed by atoms with Crippen molar-refractivity contribution in [2.45, 2.75) is 59.8 Å². The number of hydrogen-bond donors (Lipinski definition) is 0. The lowest BCUT2D eigenvalue weighted by atomic mass is 9.92. The van der Waals surface area contributed by atoms with Crippen LogP contribution in [0.5, 0.6) is 0 Å². The fraction of sp³-hybridized carbons (Fsp3) is 0.650. The number of carbonyl (C=O) groups is 1. The van der Waals surface area contributed by atoms with Crippen molar-refractivity contribution < 1.29 is 13.2 Å². The SMILES string of the molecule is CCN(CC)C(=O)CCN(c1c(C(C)C)cccc1C(C)C)S(C)(=O)=O. The van der Waals surface area contributed by atoms with Crippen LogP contribution in [-0.4, -0.2) is 45.1 Å². The van der Waals surface area contributed by atoms with E-state index in [1.807, 2.05) is 32.0 Å². The van der Waals surface area contributed by atoms with Crippen molar-refractivity contribution in [1.29, 1.82) is 0 Å². The van der Waals surface area contributed by atoms with Crippen LogP contribution in [0, 0.1) is 0 Å². The van der Waals surface area contributed by atoms with Gasteiger partial charge in [0, 0.05) is 26.1 Å². The molecule has 1 aromatic carbocycles. The van der Waals surface area contributed by atoms with E-state index in [0.717, 1.165) is 16.8 Å². The quantitative estimate of drug-likeness (QED) is 0.649. The molecule has 0 saturated heterocycles. The number of hydrogen-bond acceptors (Lipinski definition) is 3. The van der Waals surface area contributed by atoms with Crippen molar-refractivity contribution in [2.24, 2.45) is 0 Å². The van der Waals surface area contributed by atoms with E-state index < -0.39 is 10.0 Å². The zero-order valence-corrected chi connectivity index (χ0v) is 18.1. The van der Waals surface area contributed by atoms with E-state index in [-0.39, 0.29) is 30.7 Å². The Kier molecular flexibility index (Phi) is 8.13. The minimum absolute atomic E-state index is 0.0169. The van der Waals surface area contributed by atoms with Crippen LogP contribution in [0.1, 0.15) is 70.9 Å². The van der Waals surface area contributed by atoms with E-state index in [2.05, 4.69) is 27.7 Å². The molecule has 0 aliphatic rings. The number of anilines is 1. The Morgan fingerprint density at radius 2 is 1.46 bits per heavy atom. The highest BCUT2D eigenvalue weighted by atomic mass is 32.2.